The molecule has 1 aliphatic heterocycles. The van der Waals surface area contributed by atoms with Crippen molar-refractivity contribution >= 4 is 21.4 Å². The fraction of sp³-hybridized carbons (Fsp3) is 0.500. The highest BCUT2D eigenvalue weighted by atomic mass is 32.2. The highest BCUT2D eigenvalue weighted by Gasteiger charge is 2.32. The molecule has 0 bridgehead atoms. The summed E-state index contributed by atoms with van der Waals surface area (Å²) >= 11 is 1.59. The number of hydrogen-bond acceptors (Lipinski definition) is 5. The Kier molecular flexibility index (Phi) is 3.61. The van der Waals surface area contributed by atoms with E-state index in [0.29, 0.717) is 13.1 Å². The highest BCUT2D eigenvalue weighted by molar-refractivity contribution is 7.89. The summed E-state index contributed by atoms with van der Waals surface area (Å²) in [6, 6.07) is 0. The SMILES string of the molecule is Cn1cnc(S(=O)(=O)N2CCC[C@H](c3nccs3)C2)c1. The normalized spacial score (nSPS) is 21.1. The number of piperidine rings is 1. The van der Waals surface area contributed by atoms with Crippen LogP contribution in [0.3, 0.4) is 0 Å². The molecule has 2 aromatic rings. The Balaban J connectivity index is 1.83. The molecule has 20 heavy (non-hydrogen) atoms. The van der Waals surface area contributed by atoms with E-state index in [9.17, 15) is 8.42 Å². The fourth-order valence-corrected chi connectivity index (χ4v) is 4.71. The van der Waals surface area contributed by atoms with Crippen LogP contribution < -0.4 is 0 Å². The van der Waals surface area contributed by atoms with Crippen molar-refractivity contribution in [3.05, 3.63) is 29.1 Å². The largest absolute Gasteiger partial charge is 0.339 e. The van der Waals surface area contributed by atoms with Crippen LogP contribution in [0.25, 0.3) is 0 Å². The van der Waals surface area contributed by atoms with Crippen LogP contribution in [0, 0.1) is 0 Å². The monoisotopic (exact) mass is 312 g/mol. The average molecular weight is 312 g/mol. The molecule has 8 heteroatoms. The molecule has 3 rings (SSSR count). The van der Waals surface area contributed by atoms with E-state index in [-0.39, 0.29) is 10.9 Å². The maximum atomic E-state index is 12.5. The smallest absolute Gasteiger partial charge is 0.262 e. The maximum Gasteiger partial charge on any atom is 0.262 e. The lowest BCUT2D eigenvalue weighted by Gasteiger charge is -2.30. The van der Waals surface area contributed by atoms with Crippen LogP contribution in [0.1, 0.15) is 23.8 Å². The molecule has 1 saturated heterocycles. The number of nitrogens with zero attached hydrogens (tertiary/aromatic N) is 4. The molecule has 0 N–H and O–H groups in total. The van der Waals surface area contributed by atoms with Crippen molar-refractivity contribution in [3.8, 4) is 0 Å². The van der Waals surface area contributed by atoms with E-state index in [4.69, 9.17) is 0 Å². The summed E-state index contributed by atoms with van der Waals surface area (Å²) < 4.78 is 28.3. The van der Waals surface area contributed by atoms with E-state index in [0.717, 1.165) is 17.8 Å². The first-order valence-corrected chi connectivity index (χ1v) is 8.77. The first-order valence-electron chi connectivity index (χ1n) is 6.45. The van der Waals surface area contributed by atoms with Gasteiger partial charge in [0, 0.05) is 43.8 Å². The van der Waals surface area contributed by atoms with Crippen molar-refractivity contribution in [1.29, 1.82) is 0 Å². The third-order valence-corrected chi connectivity index (χ3v) is 6.16. The van der Waals surface area contributed by atoms with Crippen molar-refractivity contribution in [3.63, 3.8) is 0 Å². The van der Waals surface area contributed by atoms with E-state index in [1.807, 2.05) is 5.38 Å². The molecule has 1 atom stereocenters. The molecule has 0 unspecified atom stereocenters. The molecule has 0 saturated carbocycles. The lowest BCUT2D eigenvalue weighted by Crippen LogP contribution is -2.39. The molecule has 1 fully saturated rings. The van der Waals surface area contributed by atoms with Gasteiger partial charge in [0.25, 0.3) is 10.0 Å². The molecule has 0 aliphatic carbocycles. The molecule has 108 valence electrons. The molecular formula is C12H16N4O2S2. The predicted molar refractivity (Wildman–Crippen MR) is 76.1 cm³/mol. The fourth-order valence-electron chi connectivity index (χ4n) is 2.45. The quantitative estimate of drug-likeness (QED) is 0.860. The Morgan fingerprint density at radius 1 is 1.40 bits per heavy atom. The van der Waals surface area contributed by atoms with E-state index in [2.05, 4.69) is 9.97 Å². The van der Waals surface area contributed by atoms with Gasteiger partial charge in [0.1, 0.15) is 0 Å². The minimum atomic E-state index is -3.49. The lowest BCUT2D eigenvalue weighted by atomic mass is 10.0. The zero-order valence-corrected chi connectivity index (χ0v) is 12.8. The number of rotatable bonds is 3. The Hall–Kier alpha value is -1.25. The number of hydrogen-bond donors (Lipinski definition) is 0. The maximum absolute atomic E-state index is 12.5. The van der Waals surface area contributed by atoms with Gasteiger partial charge in [0.05, 0.1) is 11.3 Å². The van der Waals surface area contributed by atoms with Gasteiger partial charge in [-0.25, -0.2) is 18.4 Å². The predicted octanol–water partition coefficient (Wildman–Crippen LogP) is 1.44. The molecule has 0 radical (unpaired) electrons. The zero-order valence-electron chi connectivity index (χ0n) is 11.1. The second kappa shape index (κ2) is 5.27. The summed E-state index contributed by atoms with van der Waals surface area (Å²) in [4.78, 5) is 8.28. The van der Waals surface area contributed by atoms with Crippen molar-refractivity contribution < 1.29 is 8.42 Å². The summed E-state index contributed by atoms with van der Waals surface area (Å²) in [5, 5.41) is 3.08. The number of aromatic nitrogens is 3. The van der Waals surface area contributed by atoms with Gasteiger partial charge >= 0.3 is 0 Å². The standard InChI is InChI=1S/C12H16N4O2S2/c1-15-8-11(14-9-15)20(17,18)16-5-2-3-10(7-16)12-13-4-6-19-12/h4,6,8-10H,2-3,5,7H2,1H3/t10-/m0/s1. The minimum Gasteiger partial charge on any atom is -0.339 e. The number of thiazole rings is 1. The number of aryl methyl sites for hydroxylation is 1. The van der Waals surface area contributed by atoms with Crippen molar-refractivity contribution in [2.75, 3.05) is 13.1 Å². The van der Waals surface area contributed by atoms with Crippen molar-refractivity contribution in [2.24, 2.45) is 7.05 Å². The Bertz CT molecular complexity index is 678. The van der Waals surface area contributed by atoms with Crippen LogP contribution in [0.2, 0.25) is 0 Å². The van der Waals surface area contributed by atoms with E-state index < -0.39 is 10.0 Å². The summed E-state index contributed by atoms with van der Waals surface area (Å²) in [5.74, 6) is 0.197. The molecular weight excluding hydrogens is 296 g/mol. The third-order valence-electron chi connectivity index (χ3n) is 3.47. The van der Waals surface area contributed by atoms with E-state index in [1.54, 1.807) is 35.3 Å². The molecule has 3 heterocycles. The van der Waals surface area contributed by atoms with Gasteiger partial charge in [0.2, 0.25) is 0 Å². The molecule has 0 aromatic carbocycles. The average Bonchev–Trinajstić information content (AvgIpc) is 3.10. The van der Waals surface area contributed by atoms with Gasteiger partial charge in [-0.1, -0.05) is 0 Å². The van der Waals surface area contributed by atoms with Gasteiger partial charge in [-0.2, -0.15) is 4.31 Å². The van der Waals surface area contributed by atoms with Gasteiger partial charge in [-0.15, -0.1) is 11.3 Å². The zero-order chi connectivity index (χ0) is 14.2. The second-order valence-corrected chi connectivity index (χ2v) is 7.76. The summed E-state index contributed by atoms with van der Waals surface area (Å²) in [6.45, 7) is 1.05. The van der Waals surface area contributed by atoms with Gasteiger partial charge in [0.15, 0.2) is 5.03 Å². The highest BCUT2D eigenvalue weighted by Crippen LogP contribution is 2.30. The first kappa shape index (κ1) is 13.7. The summed E-state index contributed by atoms with van der Waals surface area (Å²) in [7, 11) is -1.72. The Morgan fingerprint density at radius 2 is 2.25 bits per heavy atom. The number of imidazole rings is 1. The summed E-state index contributed by atoms with van der Waals surface area (Å²) in [5.41, 5.74) is 0. The molecule has 2 aromatic heterocycles. The molecule has 1 aliphatic rings. The van der Waals surface area contributed by atoms with Crippen LogP contribution in [-0.4, -0.2) is 40.3 Å². The first-order chi connectivity index (χ1) is 9.57. The molecule has 0 amide bonds. The molecule has 0 spiro atoms. The third kappa shape index (κ3) is 2.50. The van der Waals surface area contributed by atoms with Gasteiger partial charge < -0.3 is 4.57 Å². The summed E-state index contributed by atoms with van der Waals surface area (Å²) in [6.07, 6.45) is 6.67. The van der Waals surface area contributed by atoms with Crippen molar-refractivity contribution in [2.45, 2.75) is 23.8 Å². The van der Waals surface area contributed by atoms with Crippen LogP contribution in [0.5, 0.6) is 0 Å². The number of sulfonamides is 1. The van der Waals surface area contributed by atoms with Crippen molar-refractivity contribution in [1.82, 2.24) is 18.8 Å². The van der Waals surface area contributed by atoms with Crippen LogP contribution in [0.4, 0.5) is 0 Å². The second-order valence-electron chi connectivity index (χ2n) is 4.95. The Labute approximate surface area is 122 Å². The molecule has 6 nitrogen and oxygen atoms in total. The van der Waals surface area contributed by atoms with Crippen LogP contribution in [0.15, 0.2) is 29.1 Å². The van der Waals surface area contributed by atoms with Gasteiger partial charge in [-0.05, 0) is 12.8 Å². The van der Waals surface area contributed by atoms with Crippen LogP contribution in [-0.2, 0) is 17.1 Å². The minimum absolute atomic E-state index is 0.125. The van der Waals surface area contributed by atoms with E-state index in [1.165, 1.54) is 10.6 Å². The van der Waals surface area contributed by atoms with E-state index >= 15 is 0 Å². The topological polar surface area (TPSA) is 68.1 Å². The Morgan fingerprint density at radius 3 is 2.90 bits per heavy atom. The van der Waals surface area contributed by atoms with Gasteiger partial charge in [-0.3, -0.25) is 0 Å². The lowest BCUT2D eigenvalue weighted by molar-refractivity contribution is 0.314. The van der Waals surface area contributed by atoms with Crippen LogP contribution >= 0.6 is 11.3 Å².